The third-order valence-electron chi connectivity index (χ3n) is 6.93. The summed E-state index contributed by atoms with van der Waals surface area (Å²) < 4.78 is 30.9. The highest BCUT2D eigenvalue weighted by molar-refractivity contribution is 6.30. The zero-order chi connectivity index (χ0) is 25.5. The number of nitrogens with zero attached hydrogens (tertiary/aromatic N) is 1. The van der Waals surface area contributed by atoms with Crippen LogP contribution in [-0.4, -0.2) is 73.7 Å². The predicted octanol–water partition coefficient (Wildman–Crippen LogP) is 5.58. The van der Waals surface area contributed by atoms with Gasteiger partial charge in [-0.15, -0.1) is 0 Å². The van der Waals surface area contributed by atoms with Crippen molar-refractivity contribution in [3.8, 4) is 0 Å². The molecule has 9 heteroatoms. The zero-order valence-electron chi connectivity index (χ0n) is 21.7. The van der Waals surface area contributed by atoms with Gasteiger partial charge in [-0.25, -0.2) is 4.79 Å². The van der Waals surface area contributed by atoms with Crippen LogP contribution in [0.15, 0.2) is 24.3 Å². The molecular formula is C27H41ClN2O6. The maximum absolute atomic E-state index is 12.9. The molecule has 3 fully saturated rings. The average Bonchev–Trinajstić information content (AvgIpc) is 3.53. The van der Waals surface area contributed by atoms with Crippen molar-refractivity contribution in [1.29, 1.82) is 0 Å². The summed E-state index contributed by atoms with van der Waals surface area (Å²) in [6.07, 6.45) is 5.14. The van der Waals surface area contributed by atoms with E-state index < -0.39 is 30.4 Å². The van der Waals surface area contributed by atoms with Gasteiger partial charge < -0.3 is 23.7 Å². The van der Waals surface area contributed by atoms with Crippen molar-refractivity contribution in [2.45, 2.75) is 102 Å². The lowest BCUT2D eigenvalue weighted by Gasteiger charge is -2.31. The molecule has 8 nitrogen and oxygen atoms in total. The molecule has 1 aromatic rings. The summed E-state index contributed by atoms with van der Waals surface area (Å²) in [4.78, 5) is 15.2. The Balaban J connectivity index is 1.42. The van der Waals surface area contributed by atoms with Crippen LogP contribution in [-0.2, 0) is 23.7 Å². The molecule has 0 aromatic heterocycles. The van der Waals surface area contributed by atoms with Gasteiger partial charge in [0.25, 0.3) is 0 Å². The van der Waals surface area contributed by atoms with Crippen molar-refractivity contribution in [3.63, 3.8) is 0 Å². The number of ether oxygens (including phenoxy) is 5. The lowest BCUT2D eigenvalue weighted by atomic mass is 10.1. The van der Waals surface area contributed by atoms with Gasteiger partial charge in [0.2, 0.25) is 0 Å². The van der Waals surface area contributed by atoms with E-state index in [1.165, 1.54) is 19.3 Å². The lowest BCUT2D eigenvalue weighted by molar-refractivity contribution is -0.243. The first-order valence-corrected chi connectivity index (χ1v) is 13.8. The number of likely N-dealkylation sites (tertiary alicyclic amines) is 1. The van der Waals surface area contributed by atoms with Crippen LogP contribution < -0.4 is 5.32 Å². The highest BCUT2D eigenvalue weighted by atomic mass is 35.5. The van der Waals surface area contributed by atoms with Crippen LogP contribution in [0.4, 0.5) is 10.5 Å². The maximum atomic E-state index is 12.9. The SMILES string of the molecule is CCCCCCCO[C@H]1O[C@H]([C@@H](CN2CCCC2)OC(=O)Nc2ccc(Cl)cc2)[C@@H]2OC(C)(C)O[C@H]12. The van der Waals surface area contributed by atoms with Gasteiger partial charge in [0.1, 0.15) is 24.4 Å². The summed E-state index contributed by atoms with van der Waals surface area (Å²) >= 11 is 5.97. The van der Waals surface area contributed by atoms with E-state index in [-0.39, 0.29) is 12.2 Å². The fraction of sp³-hybridized carbons (Fsp3) is 0.741. The van der Waals surface area contributed by atoms with Gasteiger partial charge in [0, 0.05) is 23.9 Å². The Hall–Kier alpha value is -1.42. The van der Waals surface area contributed by atoms with Crippen LogP contribution in [0, 0.1) is 0 Å². The van der Waals surface area contributed by atoms with E-state index >= 15 is 0 Å². The van der Waals surface area contributed by atoms with E-state index in [9.17, 15) is 4.79 Å². The summed E-state index contributed by atoms with van der Waals surface area (Å²) in [5.41, 5.74) is 0.611. The number of unbranched alkanes of at least 4 members (excludes halogenated alkanes) is 4. The first kappa shape index (κ1) is 27.6. The molecule has 0 bridgehead atoms. The molecule has 4 rings (SSSR count). The van der Waals surface area contributed by atoms with Gasteiger partial charge in [0.05, 0.1) is 0 Å². The third-order valence-corrected chi connectivity index (χ3v) is 7.18. The monoisotopic (exact) mass is 524 g/mol. The van der Waals surface area contributed by atoms with Crippen LogP contribution in [0.1, 0.15) is 65.7 Å². The molecule has 3 saturated heterocycles. The molecule has 0 aliphatic carbocycles. The summed E-state index contributed by atoms with van der Waals surface area (Å²) in [6.45, 7) is 9.11. The molecule has 3 aliphatic heterocycles. The van der Waals surface area contributed by atoms with Gasteiger partial charge in [-0.05, 0) is 70.5 Å². The highest BCUT2D eigenvalue weighted by Crippen LogP contribution is 2.41. The number of hydrogen-bond acceptors (Lipinski definition) is 7. The second-order valence-corrected chi connectivity index (χ2v) is 10.8. The maximum Gasteiger partial charge on any atom is 0.412 e. The minimum absolute atomic E-state index is 0.371. The normalized spacial score (nSPS) is 28.2. The van der Waals surface area contributed by atoms with Crippen LogP contribution in [0.25, 0.3) is 0 Å². The Morgan fingerprint density at radius 3 is 2.53 bits per heavy atom. The largest absolute Gasteiger partial charge is 0.442 e. The smallest absolute Gasteiger partial charge is 0.412 e. The van der Waals surface area contributed by atoms with Crippen molar-refractivity contribution < 1.29 is 28.5 Å². The molecule has 3 heterocycles. The highest BCUT2D eigenvalue weighted by Gasteiger charge is 2.58. The standard InChI is InChI=1S/C27H41ClN2O6/c1-4-5-6-7-10-17-32-25-24-23(35-27(2,3)36-24)22(34-25)21(18-30-15-8-9-16-30)33-26(31)29-20-13-11-19(28)12-14-20/h11-14,21-25H,4-10,15-18H2,1-3H3,(H,29,31)/t21-,22-,23+,24+,25+/m1/s1. The molecule has 36 heavy (non-hydrogen) atoms. The molecule has 1 aromatic carbocycles. The minimum Gasteiger partial charge on any atom is -0.442 e. The van der Waals surface area contributed by atoms with Crippen molar-refractivity contribution in [1.82, 2.24) is 4.90 Å². The second-order valence-electron chi connectivity index (χ2n) is 10.4. The number of benzene rings is 1. The number of rotatable bonds is 12. The van der Waals surface area contributed by atoms with Gasteiger partial charge in [-0.1, -0.05) is 44.2 Å². The lowest BCUT2D eigenvalue weighted by Crippen LogP contribution is -2.47. The van der Waals surface area contributed by atoms with E-state index in [0.29, 0.717) is 23.9 Å². The fourth-order valence-electron chi connectivity index (χ4n) is 5.18. The van der Waals surface area contributed by atoms with E-state index in [1.54, 1.807) is 24.3 Å². The van der Waals surface area contributed by atoms with Gasteiger partial charge in [0.15, 0.2) is 12.1 Å². The number of amides is 1. The van der Waals surface area contributed by atoms with E-state index in [2.05, 4.69) is 17.1 Å². The Morgan fingerprint density at radius 1 is 1.11 bits per heavy atom. The minimum atomic E-state index is -0.760. The van der Waals surface area contributed by atoms with Crippen molar-refractivity contribution in [3.05, 3.63) is 29.3 Å². The topological polar surface area (TPSA) is 78.5 Å². The third kappa shape index (κ3) is 7.55. The van der Waals surface area contributed by atoms with Crippen LogP contribution in [0.3, 0.4) is 0 Å². The molecule has 0 unspecified atom stereocenters. The van der Waals surface area contributed by atoms with Gasteiger partial charge in [-0.2, -0.15) is 0 Å². The Labute approximate surface area is 219 Å². The molecule has 0 saturated carbocycles. The van der Waals surface area contributed by atoms with Crippen molar-refractivity contribution in [2.24, 2.45) is 0 Å². The number of carbonyl (C=O) groups is 1. The molecule has 3 aliphatic rings. The second kappa shape index (κ2) is 12.9. The van der Waals surface area contributed by atoms with Crippen molar-refractivity contribution in [2.75, 3.05) is 31.6 Å². The summed E-state index contributed by atoms with van der Waals surface area (Å²) in [5, 5.41) is 3.40. The molecule has 202 valence electrons. The Morgan fingerprint density at radius 2 is 1.81 bits per heavy atom. The number of hydrogen-bond donors (Lipinski definition) is 1. The molecular weight excluding hydrogens is 484 g/mol. The predicted molar refractivity (Wildman–Crippen MR) is 138 cm³/mol. The van der Waals surface area contributed by atoms with Crippen LogP contribution in [0.2, 0.25) is 5.02 Å². The number of fused-ring (bicyclic) bond motifs is 1. The number of anilines is 1. The number of halogens is 1. The van der Waals surface area contributed by atoms with E-state index in [1.807, 2.05) is 13.8 Å². The summed E-state index contributed by atoms with van der Waals surface area (Å²) in [6, 6.07) is 6.92. The molecule has 5 atom stereocenters. The zero-order valence-corrected chi connectivity index (χ0v) is 22.5. The molecule has 0 radical (unpaired) electrons. The first-order valence-electron chi connectivity index (χ1n) is 13.4. The van der Waals surface area contributed by atoms with E-state index in [0.717, 1.165) is 38.8 Å². The van der Waals surface area contributed by atoms with E-state index in [4.69, 9.17) is 35.3 Å². The number of nitrogens with one attached hydrogen (secondary N) is 1. The molecule has 0 spiro atoms. The average molecular weight is 525 g/mol. The van der Waals surface area contributed by atoms with Gasteiger partial charge in [-0.3, -0.25) is 10.2 Å². The quantitative estimate of drug-likeness (QED) is 0.357. The van der Waals surface area contributed by atoms with Crippen LogP contribution >= 0.6 is 11.6 Å². The van der Waals surface area contributed by atoms with Crippen molar-refractivity contribution >= 4 is 23.4 Å². The number of carbonyl (C=O) groups excluding carboxylic acids is 1. The fourth-order valence-corrected chi connectivity index (χ4v) is 5.30. The molecule has 1 amide bonds. The Kier molecular flexibility index (Phi) is 9.89. The summed E-state index contributed by atoms with van der Waals surface area (Å²) in [5.74, 6) is -0.760. The van der Waals surface area contributed by atoms with Crippen LogP contribution in [0.5, 0.6) is 0 Å². The van der Waals surface area contributed by atoms with Gasteiger partial charge >= 0.3 is 6.09 Å². The summed E-state index contributed by atoms with van der Waals surface area (Å²) in [7, 11) is 0. The Bertz CT molecular complexity index is 832. The first-order chi connectivity index (χ1) is 17.3. The molecule has 1 N–H and O–H groups in total.